The Kier molecular flexibility index (Phi) is 6.30. The Morgan fingerprint density at radius 3 is 1.81 bits per heavy atom. The monoisotopic (exact) mass is 1230 g/mol. The standard InChI is InChI=1S/C80H84GeN4O/c1-75(2,3)52-34-39-82-73(42-52)85-69-27-20-18-23-60(69)61-31-30-55(46-70(61)85)86-56-44-53(81(14,15)16)43-54(45-56)83-49-84(71-47-62-59-22-17-19-26-63(59)80(12,13)66(62)48-72(71)83)74-57(50-28-32-64-67(40-50)78(8,9)37-35-76(64,4)5)24-21-25-58(74)51-29-33-65-68(41-51)79(10,11)38-36-77(65,6)7/h17-34,39-48H,35-38H2,1-16H3/i4D3,5D3,6D3,7D3,8D3,9D3,10D3,11D3,28D,29D,32D,33D,35D2,36D2,37D2,38D2,40D,41D. The van der Waals surface area contributed by atoms with E-state index in [1.807, 2.05) is 85.1 Å². The first kappa shape index (κ1) is 28.1. The molecule has 11 aromatic rings. The van der Waals surface area contributed by atoms with Gasteiger partial charge in [0.25, 0.3) is 0 Å². The molecular formula is C80H84GeN4O. The van der Waals surface area contributed by atoms with Crippen LogP contribution in [0.2, 0.25) is 17.3 Å². The van der Waals surface area contributed by atoms with Crippen molar-refractivity contribution >= 4 is 50.5 Å². The van der Waals surface area contributed by atoms with Crippen LogP contribution in [-0.4, -0.2) is 27.4 Å². The minimum Gasteiger partial charge on any atom is -0.0558 e. The molecule has 0 aliphatic heterocycles. The molecule has 0 radical (unpaired) electrons. The maximum atomic E-state index is 10.7. The van der Waals surface area contributed by atoms with Crippen LogP contribution >= 0.6 is 0 Å². The summed E-state index contributed by atoms with van der Waals surface area (Å²) in [6.07, 6.45) is -14.3. The van der Waals surface area contributed by atoms with Crippen LogP contribution in [0.3, 0.4) is 0 Å². The quantitative estimate of drug-likeness (QED) is 0.0863. The normalized spacial score (nSPS) is 27.1. The zero-order chi connectivity index (χ0) is 92.8. The van der Waals surface area contributed by atoms with Gasteiger partial charge in [-0.2, -0.15) is 0 Å². The van der Waals surface area contributed by atoms with Crippen LogP contribution in [0.25, 0.3) is 83.4 Å². The van der Waals surface area contributed by atoms with Crippen LogP contribution in [0.5, 0.6) is 11.5 Å². The number of aromatic nitrogens is 4. The van der Waals surface area contributed by atoms with Gasteiger partial charge in [-0.3, -0.25) is 0 Å². The molecule has 0 spiro atoms. The molecule has 434 valence electrons. The molecule has 0 saturated carbocycles. The van der Waals surface area contributed by atoms with Gasteiger partial charge in [-0.15, -0.1) is 0 Å². The molecule has 86 heavy (non-hydrogen) atoms. The molecule has 0 saturated heterocycles. The summed E-state index contributed by atoms with van der Waals surface area (Å²) in [6, 6.07) is 25.5. The molecule has 0 atom stereocenters. The molecule has 0 fully saturated rings. The van der Waals surface area contributed by atoms with Crippen molar-refractivity contribution in [3.8, 4) is 62.1 Å². The van der Waals surface area contributed by atoms with Crippen molar-refractivity contribution < 1.29 is 61.4 Å². The van der Waals surface area contributed by atoms with E-state index >= 15 is 0 Å². The molecule has 0 bridgehead atoms. The van der Waals surface area contributed by atoms with Crippen molar-refractivity contribution in [3.63, 3.8) is 0 Å². The molecule has 3 heterocycles. The summed E-state index contributed by atoms with van der Waals surface area (Å²) in [5.74, 6) is 7.34. The van der Waals surface area contributed by atoms with Crippen molar-refractivity contribution in [2.45, 2.75) is 165 Å². The van der Waals surface area contributed by atoms with Gasteiger partial charge in [-0.25, -0.2) is 0 Å². The minimum absolute atomic E-state index is 0.104. The maximum absolute atomic E-state index is 10.7. The van der Waals surface area contributed by atoms with Gasteiger partial charge in [-0.1, -0.05) is 75.6 Å². The van der Waals surface area contributed by atoms with Gasteiger partial charge >= 0.3 is 412 Å². The summed E-state index contributed by atoms with van der Waals surface area (Å²) in [7, 11) is 0. The molecular weight excluding hydrogens is 1110 g/mol. The summed E-state index contributed by atoms with van der Waals surface area (Å²) in [5.41, 5.74) is -27.7. The van der Waals surface area contributed by atoms with Crippen molar-refractivity contribution in [2.75, 3.05) is 0 Å². The van der Waals surface area contributed by atoms with Gasteiger partial charge < -0.3 is 0 Å². The van der Waals surface area contributed by atoms with Crippen molar-refractivity contribution in [1.82, 2.24) is 14.1 Å². The van der Waals surface area contributed by atoms with Crippen LogP contribution < -0.4 is 13.7 Å². The first-order chi connectivity index (χ1) is 56.2. The van der Waals surface area contributed by atoms with Crippen LogP contribution in [0.1, 0.15) is 206 Å². The van der Waals surface area contributed by atoms with Crippen molar-refractivity contribution in [3.05, 3.63) is 215 Å². The van der Waals surface area contributed by atoms with Gasteiger partial charge in [0.1, 0.15) is 0 Å². The molecule has 0 N–H and O–H groups in total. The summed E-state index contributed by atoms with van der Waals surface area (Å²) in [6.45, 7) is -26.5. The zero-order valence-electron chi connectivity index (χ0n) is 86.4. The number of pyridine rings is 1. The number of imidazole rings is 1. The molecule has 0 amide bonds. The predicted octanol–water partition coefficient (Wildman–Crippen LogP) is 20.2. The Hall–Kier alpha value is -7.48. The summed E-state index contributed by atoms with van der Waals surface area (Å²) < 4.78 is 372. The van der Waals surface area contributed by atoms with E-state index in [9.17, 15) is 35.6 Å². The third kappa shape index (κ3) is 9.06. The molecule has 3 aliphatic carbocycles. The van der Waals surface area contributed by atoms with Gasteiger partial charge in [-0.05, 0) is 36.3 Å². The molecule has 6 heteroatoms. The average molecular weight is 1230 g/mol. The SMILES string of the molecule is [2H]c1c([2H])c2c(c([2H])c1-c1cccc(-c3c([2H])c([2H])c4c(c3[2H])C(C([2H])([2H])[2H])(C([2H])([2H])[2H])C([2H])([2H])C([2H])([2H])C4(C([2H])([2H])[2H])C([2H])([2H])[2H])c1-[n+]1[c-]n(-c3cc(Oc4ccc5c6ccccc6n(-c6cc(C(C)(C)C)ccn6)c5c4)c[c]([Ge]([CH3])([CH3])[CH3])c3)c3cc4c(cc31)-c1ccccc1C4(C)C)C(C([2H])([2H])[2H])(C([2H])([2H])[2H])C([2H])([2H])C([2H])([2H])C2(C([2H])([2H])[2H])C([2H])([2H])[2H]. The number of fused-ring (bicyclic) bond motifs is 9. The number of hydrogen-bond acceptors (Lipinski definition) is 2. The van der Waals surface area contributed by atoms with E-state index in [-0.39, 0.29) is 27.9 Å². The van der Waals surface area contributed by atoms with Crippen LogP contribution in [-0.2, 0) is 32.5 Å². The third-order valence-electron chi connectivity index (χ3n) is 16.9. The Balaban J connectivity index is 1.21. The number of hydrogen-bond donors (Lipinski definition) is 0. The molecule has 3 aromatic heterocycles. The van der Waals surface area contributed by atoms with E-state index in [1.165, 1.54) is 4.57 Å². The second kappa shape index (κ2) is 19.3. The van der Waals surface area contributed by atoms with Crippen molar-refractivity contribution in [1.29, 1.82) is 0 Å². The summed E-state index contributed by atoms with van der Waals surface area (Å²) in [4.78, 5) is 4.85. The Morgan fingerprint density at radius 1 is 0.570 bits per heavy atom. The van der Waals surface area contributed by atoms with E-state index in [0.29, 0.717) is 33.8 Å². The van der Waals surface area contributed by atoms with Crippen molar-refractivity contribution in [2.24, 2.45) is 0 Å². The van der Waals surface area contributed by atoms with Gasteiger partial charge in [0.2, 0.25) is 0 Å². The van der Waals surface area contributed by atoms with E-state index in [2.05, 4.69) is 44.4 Å². The molecule has 8 aromatic carbocycles. The van der Waals surface area contributed by atoms with E-state index in [0.717, 1.165) is 54.6 Å². The number of benzene rings is 8. The minimum atomic E-state index is -4.87. The Morgan fingerprint density at radius 2 is 1.17 bits per heavy atom. The number of rotatable bonds is 8. The molecule has 3 aliphatic rings. The van der Waals surface area contributed by atoms with E-state index in [4.69, 9.17) is 26.2 Å². The predicted molar refractivity (Wildman–Crippen MR) is 363 cm³/mol. The van der Waals surface area contributed by atoms with Gasteiger partial charge in [0, 0.05) is 43.9 Å². The Bertz CT molecular complexity index is 6090. The second-order valence-electron chi connectivity index (χ2n) is 25.3. The van der Waals surface area contributed by atoms with Gasteiger partial charge in [0.05, 0.1) is 0 Å². The second-order valence-corrected chi connectivity index (χ2v) is 35.9. The zero-order valence-corrected chi connectivity index (χ0v) is 50.5. The third-order valence-corrected chi connectivity index (χ3v) is 21.1. The van der Waals surface area contributed by atoms with Gasteiger partial charge in [0.15, 0.2) is 0 Å². The topological polar surface area (TPSA) is 35.9 Å². The average Bonchev–Trinajstić information content (AvgIpc) is 0.738. The molecule has 0 unspecified atom stereocenters. The number of ether oxygens (including phenoxy) is 1. The number of nitrogens with zero attached hydrogens (tertiary/aromatic N) is 4. The first-order valence-electron chi connectivity index (χ1n) is 47.1. The fourth-order valence-electron chi connectivity index (χ4n) is 12.3. The number of para-hydroxylation sites is 2. The fraction of sp³-hybridized carbons (Fsp3) is 0.325. The fourth-order valence-corrected chi connectivity index (χ4v) is 14.7. The molecule has 5 nitrogen and oxygen atoms in total. The summed E-state index contributed by atoms with van der Waals surface area (Å²) >= 11 is -3.35. The molecule has 14 rings (SSSR count). The van der Waals surface area contributed by atoms with E-state index < -0.39 is 207 Å². The van der Waals surface area contributed by atoms with Crippen LogP contribution in [0.15, 0.2) is 170 Å². The smallest absolute Gasteiger partial charge is 0.0558 e. The van der Waals surface area contributed by atoms with E-state index in [1.54, 1.807) is 48.7 Å². The van der Waals surface area contributed by atoms with Crippen LogP contribution in [0.4, 0.5) is 0 Å². The Labute approximate surface area is 566 Å². The van der Waals surface area contributed by atoms with Crippen LogP contribution in [0, 0.1) is 6.33 Å². The first-order valence-corrected chi connectivity index (χ1v) is 35.5. The summed E-state index contributed by atoms with van der Waals surface area (Å²) in [5, 5.41) is 1.73.